The molecule has 0 atom stereocenters. The normalized spacial score (nSPS) is 19.8. The molecule has 0 unspecified atom stereocenters. The minimum Gasteiger partial charge on any atom is -0.407 e. The molecule has 0 bridgehead atoms. The van der Waals surface area contributed by atoms with Gasteiger partial charge < -0.3 is 4.43 Å². The van der Waals surface area contributed by atoms with Crippen LogP contribution in [-0.2, 0) is 10.0 Å². The lowest BCUT2D eigenvalue weighted by atomic mass is 10.2. The summed E-state index contributed by atoms with van der Waals surface area (Å²) in [5, 5.41) is 2.46. The lowest BCUT2D eigenvalue weighted by molar-refractivity contribution is 0.163. The summed E-state index contributed by atoms with van der Waals surface area (Å²) >= 11 is 1.84. The molecule has 0 spiro atoms. The second kappa shape index (κ2) is 3.69. The highest BCUT2D eigenvalue weighted by atomic mass is 32.1. The SMILES string of the molecule is CC(C)(C)[Si](C)(C)OC1(c2cccs2)CC1. The Balaban J connectivity index is 2.17. The van der Waals surface area contributed by atoms with E-state index in [-0.39, 0.29) is 5.60 Å². The van der Waals surface area contributed by atoms with Crippen molar-refractivity contribution in [3.05, 3.63) is 22.4 Å². The van der Waals surface area contributed by atoms with Crippen LogP contribution in [0.25, 0.3) is 0 Å². The van der Waals surface area contributed by atoms with Crippen molar-refractivity contribution in [1.29, 1.82) is 0 Å². The van der Waals surface area contributed by atoms with E-state index >= 15 is 0 Å². The van der Waals surface area contributed by atoms with Gasteiger partial charge in [0.1, 0.15) is 0 Å². The Morgan fingerprint density at radius 2 is 1.94 bits per heavy atom. The van der Waals surface area contributed by atoms with Crippen molar-refractivity contribution < 1.29 is 4.43 Å². The van der Waals surface area contributed by atoms with Gasteiger partial charge >= 0.3 is 0 Å². The predicted octanol–water partition coefficient (Wildman–Crippen LogP) is 4.76. The summed E-state index contributed by atoms with van der Waals surface area (Å²) in [4.78, 5) is 1.43. The molecule has 0 aromatic carbocycles. The highest BCUT2D eigenvalue weighted by molar-refractivity contribution is 7.10. The maximum atomic E-state index is 6.59. The molecular weight excluding hydrogens is 232 g/mol. The molecule has 90 valence electrons. The molecule has 0 amide bonds. The van der Waals surface area contributed by atoms with Crippen LogP contribution < -0.4 is 0 Å². The number of thiophene rings is 1. The third-order valence-corrected chi connectivity index (χ3v) is 9.50. The zero-order valence-corrected chi connectivity index (χ0v) is 12.8. The number of hydrogen-bond acceptors (Lipinski definition) is 2. The maximum Gasteiger partial charge on any atom is 0.193 e. The maximum absolute atomic E-state index is 6.59. The lowest BCUT2D eigenvalue weighted by Crippen LogP contribution is -2.43. The molecule has 16 heavy (non-hydrogen) atoms. The van der Waals surface area contributed by atoms with Crippen molar-refractivity contribution in [2.24, 2.45) is 0 Å². The van der Waals surface area contributed by atoms with Crippen LogP contribution in [0.15, 0.2) is 17.5 Å². The monoisotopic (exact) mass is 254 g/mol. The van der Waals surface area contributed by atoms with E-state index in [1.54, 1.807) is 0 Å². The summed E-state index contributed by atoms with van der Waals surface area (Å²) in [6, 6.07) is 4.36. The van der Waals surface area contributed by atoms with Crippen LogP contribution in [0.2, 0.25) is 18.1 Å². The van der Waals surface area contributed by atoms with E-state index < -0.39 is 8.32 Å². The smallest absolute Gasteiger partial charge is 0.193 e. The Hall–Kier alpha value is -0.123. The number of hydrogen-bond donors (Lipinski definition) is 0. The van der Waals surface area contributed by atoms with E-state index in [2.05, 4.69) is 51.4 Å². The van der Waals surface area contributed by atoms with Crippen LogP contribution in [-0.4, -0.2) is 8.32 Å². The van der Waals surface area contributed by atoms with Crippen molar-refractivity contribution in [3.8, 4) is 0 Å². The molecule has 0 radical (unpaired) electrons. The second-order valence-corrected chi connectivity index (χ2v) is 12.0. The van der Waals surface area contributed by atoms with E-state index in [1.807, 2.05) is 11.3 Å². The topological polar surface area (TPSA) is 9.23 Å². The summed E-state index contributed by atoms with van der Waals surface area (Å²) in [6.07, 6.45) is 2.42. The van der Waals surface area contributed by atoms with Crippen molar-refractivity contribution >= 4 is 19.7 Å². The first kappa shape index (κ1) is 12.3. The van der Waals surface area contributed by atoms with Gasteiger partial charge in [-0.3, -0.25) is 0 Å². The average molecular weight is 254 g/mol. The molecule has 0 saturated heterocycles. The largest absolute Gasteiger partial charge is 0.407 e. The van der Waals surface area contributed by atoms with Crippen LogP contribution in [0, 0.1) is 0 Å². The Morgan fingerprint density at radius 3 is 2.31 bits per heavy atom. The van der Waals surface area contributed by atoms with E-state index in [9.17, 15) is 0 Å². The van der Waals surface area contributed by atoms with Gasteiger partial charge in [0.15, 0.2) is 8.32 Å². The van der Waals surface area contributed by atoms with Crippen LogP contribution in [0.4, 0.5) is 0 Å². The van der Waals surface area contributed by atoms with Gasteiger partial charge in [-0.25, -0.2) is 0 Å². The fourth-order valence-electron chi connectivity index (χ4n) is 1.69. The molecule has 1 aliphatic carbocycles. The molecule has 1 heterocycles. The summed E-state index contributed by atoms with van der Waals surface area (Å²) in [5.74, 6) is 0. The minimum absolute atomic E-state index is 0.0944. The van der Waals surface area contributed by atoms with Crippen LogP contribution in [0.1, 0.15) is 38.5 Å². The Bertz CT molecular complexity index is 358. The fraction of sp³-hybridized carbons (Fsp3) is 0.692. The highest BCUT2D eigenvalue weighted by Gasteiger charge is 2.52. The molecule has 1 aromatic rings. The Labute approximate surface area is 104 Å². The summed E-state index contributed by atoms with van der Waals surface area (Å²) < 4.78 is 6.59. The molecular formula is C13H22OSSi. The van der Waals surface area contributed by atoms with Crippen LogP contribution in [0.3, 0.4) is 0 Å². The molecule has 0 aliphatic heterocycles. The first-order valence-electron chi connectivity index (χ1n) is 6.01. The van der Waals surface area contributed by atoms with Gasteiger partial charge in [0.2, 0.25) is 0 Å². The van der Waals surface area contributed by atoms with Crippen molar-refractivity contribution in [3.63, 3.8) is 0 Å². The number of rotatable bonds is 3. The van der Waals surface area contributed by atoms with E-state index in [0.717, 1.165) is 0 Å². The first-order valence-corrected chi connectivity index (χ1v) is 9.80. The van der Waals surface area contributed by atoms with Crippen molar-refractivity contribution in [2.45, 2.75) is 57.3 Å². The van der Waals surface area contributed by atoms with E-state index in [0.29, 0.717) is 5.04 Å². The van der Waals surface area contributed by atoms with Gasteiger partial charge in [-0.2, -0.15) is 0 Å². The Kier molecular flexibility index (Phi) is 2.84. The van der Waals surface area contributed by atoms with Gasteiger partial charge in [0, 0.05) is 4.88 Å². The molecule has 1 aromatic heterocycles. The highest BCUT2D eigenvalue weighted by Crippen LogP contribution is 2.55. The summed E-state index contributed by atoms with van der Waals surface area (Å²) in [6.45, 7) is 11.6. The van der Waals surface area contributed by atoms with Gasteiger partial charge in [0.25, 0.3) is 0 Å². The van der Waals surface area contributed by atoms with Crippen molar-refractivity contribution in [1.82, 2.24) is 0 Å². The lowest BCUT2D eigenvalue weighted by Gasteiger charge is -2.39. The summed E-state index contributed by atoms with van der Waals surface area (Å²) in [7, 11) is -1.63. The van der Waals surface area contributed by atoms with Crippen LogP contribution in [0.5, 0.6) is 0 Å². The van der Waals surface area contributed by atoms with Gasteiger partial charge in [-0.15, -0.1) is 11.3 Å². The molecule has 2 rings (SSSR count). The molecule has 1 fully saturated rings. The fourth-order valence-corrected chi connectivity index (χ4v) is 4.28. The van der Waals surface area contributed by atoms with Gasteiger partial charge in [-0.1, -0.05) is 26.8 Å². The zero-order chi connectivity index (χ0) is 12.0. The molecule has 3 heteroatoms. The van der Waals surface area contributed by atoms with Gasteiger partial charge in [0.05, 0.1) is 5.60 Å². The first-order chi connectivity index (χ1) is 7.27. The second-order valence-electron chi connectivity index (χ2n) is 6.33. The third kappa shape index (κ3) is 2.13. The minimum atomic E-state index is -1.63. The Morgan fingerprint density at radius 1 is 1.31 bits per heavy atom. The molecule has 1 saturated carbocycles. The molecule has 0 N–H and O–H groups in total. The standard InChI is InChI=1S/C13H22OSSi/c1-12(2,3)16(4,5)14-13(8-9-13)11-7-6-10-15-11/h6-7,10H,8-9H2,1-5H3. The van der Waals surface area contributed by atoms with Crippen molar-refractivity contribution in [2.75, 3.05) is 0 Å². The average Bonchev–Trinajstić information content (AvgIpc) is 2.71. The van der Waals surface area contributed by atoms with Crippen LogP contribution >= 0.6 is 11.3 Å². The zero-order valence-electron chi connectivity index (χ0n) is 11.0. The molecule has 1 nitrogen and oxygen atoms in total. The predicted molar refractivity (Wildman–Crippen MR) is 73.5 cm³/mol. The van der Waals surface area contributed by atoms with E-state index in [1.165, 1.54) is 17.7 Å². The summed E-state index contributed by atoms with van der Waals surface area (Å²) in [5.41, 5.74) is 0.0944. The van der Waals surface area contributed by atoms with Gasteiger partial charge in [-0.05, 0) is 42.4 Å². The third-order valence-electron chi connectivity index (χ3n) is 3.93. The van der Waals surface area contributed by atoms with E-state index in [4.69, 9.17) is 4.43 Å². The quantitative estimate of drug-likeness (QED) is 0.707. The molecule has 1 aliphatic rings.